The average molecular weight is 166 g/mol. The summed E-state index contributed by atoms with van der Waals surface area (Å²) in [4.78, 5) is 0. The van der Waals surface area contributed by atoms with E-state index in [1.165, 1.54) is 5.56 Å². The maximum Gasteiger partial charge on any atom is 0.231 e. The zero-order valence-corrected chi connectivity index (χ0v) is 6.46. The van der Waals surface area contributed by atoms with Crippen molar-refractivity contribution in [3.05, 3.63) is 23.8 Å². The van der Waals surface area contributed by atoms with Crippen molar-refractivity contribution in [3.8, 4) is 11.5 Å². The first-order chi connectivity index (χ1) is 5.40. The van der Waals surface area contributed by atoms with Crippen LogP contribution >= 0.6 is 0 Å². The fourth-order valence-electron chi connectivity index (χ4n) is 1.16. The highest BCUT2D eigenvalue weighted by molar-refractivity contribution is 5.44. The Balaban J connectivity index is 0.000000720. The Bertz CT molecular complexity index is 269. The molecule has 0 aromatic heterocycles. The van der Waals surface area contributed by atoms with Crippen LogP contribution in [0.3, 0.4) is 0 Å². The van der Waals surface area contributed by atoms with Gasteiger partial charge in [0.2, 0.25) is 6.79 Å². The van der Waals surface area contributed by atoms with Gasteiger partial charge in [0.1, 0.15) is 0 Å². The van der Waals surface area contributed by atoms with Gasteiger partial charge in [-0.1, -0.05) is 20.4 Å². The highest BCUT2D eigenvalue weighted by Crippen LogP contribution is 2.32. The third kappa shape index (κ3) is 1.37. The van der Waals surface area contributed by atoms with Crippen molar-refractivity contribution in [1.29, 1.82) is 0 Å². The summed E-state index contributed by atoms with van der Waals surface area (Å²) >= 11 is 0. The van der Waals surface area contributed by atoms with Crippen molar-refractivity contribution in [2.24, 2.45) is 0 Å². The second-order valence-corrected chi connectivity index (χ2v) is 2.54. The predicted octanol–water partition coefficient (Wildman–Crippen LogP) is 2.61. The number of aryl methyl sites for hydroxylation is 1. The van der Waals surface area contributed by atoms with Crippen molar-refractivity contribution in [2.45, 2.75) is 20.8 Å². The lowest BCUT2D eigenvalue weighted by molar-refractivity contribution is 0.174. The number of hydrogen-bond donors (Lipinski definition) is 0. The van der Waals surface area contributed by atoms with Crippen LogP contribution in [0.2, 0.25) is 0 Å². The van der Waals surface area contributed by atoms with Crippen LogP contribution in [0.5, 0.6) is 11.5 Å². The molecular weight excluding hydrogens is 152 g/mol. The lowest BCUT2D eigenvalue weighted by Gasteiger charge is -1.97. The zero-order chi connectivity index (χ0) is 7.68. The summed E-state index contributed by atoms with van der Waals surface area (Å²) in [6.07, 6.45) is 1.04. The van der Waals surface area contributed by atoms with E-state index in [2.05, 4.69) is 13.0 Å². The van der Waals surface area contributed by atoms with Gasteiger partial charge in [0.05, 0.1) is 0 Å². The molecule has 0 N–H and O–H groups in total. The fraction of sp³-hybridized carbons (Fsp3) is 0.400. The van der Waals surface area contributed by atoms with Crippen LogP contribution in [0.4, 0.5) is 0 Å². The zero-order valence-electron chi connectivity index (χ0n) is 6.46. The molecule has 1 aromatic carbocycles. The monoisotopic (exact) mass is 166 g/mol. The second kappa shape index (κ2) is 3.48. The quantitative estimate of drug-likeness (QED) is 0.638. The molecule has 1 aliphatic rings. The summed E-state index contributed by atoms with van der Waals surface area (Å²) in [5.74, 6) is 1.74. The number of fused-ring (bicyclic) bond motifs is 1. The minimum atomic E-state index is 0. The number of hydrogen-bond acceptors (Lipinski definition) is 2. The SMILES string of the molecule is C.CCc1ccc2c(c1)OCO2. The van der Waals surface area contributed by atoms with E-state index in [0.717, 1.165) is 17.9 Å². The Morgan fingerprint density at radius 1 is 1.25 bits per heavy atom. The maximum atomic E-state index is 5.22. The molecule has 0 saturated carbocycles. The first-order valence-electron chi connectivity index (χ1n) is 3.78. The molecular formula is C10H14O2. The summed E-state index contributed by atoms with van der Waals surface area (Å²) < 4.78 is 10.4. The molecule has 0 atom stereocenters. The van der Waals surface area contributed by atoms with Crippen LogP contribution in [0.15, 0.2) is 18.2 Å². The van der Waals surface area contributed by atoms with E-state index in [4.69, 9.17) is 9.47 Å². The second-order valence-electron chi connectivity index (χ2n) is 2.54. The minimum absolute atomic E-state index is 0. The van der Waals surface area contributed by atoms with E-state index >= 15 is 0 Å². The van der Waals surface area contributed by atoms with Crippen LogP contribution in [0.25, 0.3) is 0 Å². The van der Waals surface area contributed by atoms with E-state index in [0.29, 0.717) is 6.79 Å². The standard InChI is InChI=1S/C9H10O2.CH4/c1-2-7-3-4-8-9(5-7)11-6-10-8;/h3-5H,2,6H2,1H3;1H4. The molecule has 0 spiro atoms. The van der Waals surface area contributed by atoms with Gasteiger partial charge in [-0.2, -0.15) is 0 Å². The average Bonchev–Trinajstić information content (AvgIpc) is 2.50. The van der Waals surface area contributed by atoms with Gasteiger partial charge >= 0.3 is 0 Å². The molecule has 0 unspecified atom stereocenters. The number of rotatable bonds is 1. The molecule has 2 rings (SSSR count). The third-order valence-electron chi connectivity index (χ3n) is 1.85. The highest BCUT2D eigenvalue weighted by atomic mass is 16.7. The summed E-state index contributed by atoms with van der Waals surface area (Å²) in [5, 5.41) is 0. The molecule has 1 heterocycles. The largest absolute Gasteiger partial charge is 0.454 e. The minimum Gasteiger partial charge on any atom is -0.454 e. The third-order valence-corrected chi connectivity index (χ3v) is 1.85. The maximum absolute atomic E-state index is 5.22. The van der Waals surface area contributed by atoms with E-state index in [1.54, 1.807) is 0 Å². The Labute approximate surface area is 73.1 Å². The lowest BCUT2D eigenvalue weighted by Crippen LogP contribution is -1.92. The molecule has 0 amide bonds. The number of ether oxygens (including phenoxy) is 2. The first-order valence-corrected chi connectivity index (χ1v) is 3.78. The van der Waals surface area contributed by atoms with Crippen molar-refractivity contribution in [1.82, 2.24) is 0 Å². The highest BCUT2D eigenvalue weighted by Gasteiger charge is 2.11. The first kappa shape index (κ1) is 8.91. The number of benzene rings is 1. The van der Waals surface area contributed by atoms with Gasteiger partial charge in [-0.25, -0.2) is 0 Å². The Hall–Kier alpha value is -1.18. The van der Waals surface area contributed by atoms with Crippen molar-refractivity contribution >= 4 is 0 Å². The van der Waals surface area contributed by atoms with Gasteiger partial charge < -0.3 is 9.47 Å². The molecule has 12 heavy (non-hydrogen) atoms. The molecule has 2 nitrogen and oxygen atoms in total. The van der Waals surface area contributed by atoms with Gasteiger partial charge in [-0.3, -0.25) is 0 Å². The molecule has 2 heteroatoms. The molecule has 0 bridgehead atoms. The molecule has 1 aromatic rings. The van der Waals surface area contributed by atoms with E-state index in [9.17, 15) is 0 Å². The fourth-order valence-corrected chi connectivity index (χ4v) is 1.16. The van der Waals surface area contributed by atoms with Gasteiger partial charge in [-0.05, 0) is 24.1 Å². The summed E-state index contributed by atoms with van der Waals surface area (Å²) in [5.41, 5.74) is 1.29. The molecule has 1 aliphatic heterocycles. The van der Waals surface area contributed by atoms with Gasteiger partial charge in [0.15, 0.2) is 11.5 Å². The van der Waals surface area contributed by atoms with Crippen molar-refractivity contribution in [3.63, 3.8) is 0 Å². The Morgan fingerprint density at radius 2 is 2.00 bits per heavy atom. The molecule has 0 aliphatic carbocycles. The van der Waals surface area contributed by atoms with E-state index in [-0.39, 0.29) is 7.43 Å². The van der Waals surface area contributed by atoms with Crippen LogP contribution in [-0.4, -0.2) is 6.79 Å². The molecule has 66 valence electrons. The summed E-state index contributed by atoms with van der Waals surface area (Å²) in [6, 6.07) is 6.05. The van der Waals surface area contributed by atoms with Crippen molar-refractivity contribution in [2.75, 3.05) is 6.79 Å². The van der Waals surface area contributed by atoms with E-state index < -0.39 is 0 Å². The topological polar surface area (TPSA) is 18.5 Å². The van der Waals surface area contributed by atoms with Crippen LogP contribution in [0, 0.1) is 0 Å². The normalized spacial score (nSPS) is 12.4. The molecule has 0 radical (unpaired) electrons. The predicted molar refractivity (Wildman–Crippen MR) is 48.7 cm³/mol. The van der Waals surface area contributed by atoms with Crippen molar-refractivity contribution < 1.29 is 9.47 Å². The van der Waals surface area contributed by atoms with Crippen LogP contribution < -0.4 is 9.47 Å². The molecule has 0 fully saturated rings. The molecule has 0 saturated heterocycles. The summed E-state index contributed by atoms with van der Waals surface area (Å²) in [6.45, 7) is 2.49. The van der Waals surface area contributed by atoms with Crippen LogP contribution in [0.1, 0.15) is 19.9 Å². The smallest absolute Gasteiger partial charge is 0.231 e. The lowest BCUT2D eigenvalue weighted by atomic mass is 10.1. The van der Waals surface area contributed by atoms with E-state index in [1.807, 2.05) is 12.1 Å². The van der Waals surface area contributed by atoms with Gasteiger partial charge in [-0.15, -0.1) is 0 Å². The Morgan fingerprint density at radius 3 is 2.75 bits per heavy atom. The Kier molecular flexibility index (Phi) is 2.58. The van der Waals surface area contributed by atoms with Gasteiger partial charge in [0, 0.05) is 0 Å². The summed E-state index contributed by atoms with van der Waals surface area (Å²) in [7, 11) is 0. The van der Waals surface area contributed by atoms with Gasteiger partial charge in [0.25, 0.3) is 0 Å². The van der Waals surface area contributed by atoms with Crippen LogP contribution in [-0.2, 0) is 6.42 Å².